The zero-order chi connectivity index (χ0) is 25.3. The number of ketones is 1. The largest absolute Gasteiger partial charge is 0.507 e. The maximum absolute atomic E-state index is 13.7. The second-order valence-electron chi connectivity index (χ2n) is 9.45. The van der Waals surface area contributed by atoms with Crippen molar-refractivity contribution in [2.45, 2.75) is 39.2 Å². The van der Waals surface area contributed by atoms with E-state index in [1.165, 1.54) is 29.2 Å². The van der Waals surface area contributed by atoms with Crippen LogP contribution in [0.15, 0.2) is 78.4 Å². The van der Waals surface area contributed by atoms with Crippen molar-refractivity contribution >= 4 is 23.1 Å². The number of benzene rings is 3. The summed E-state index contributed by atoms with van der Waals surface area (Å²) in [5.41, 5.74) is 1.93. The molecule has 3 aromatic rings. The molecule has 0 bridgehead atoms. The van der Waals surface area contributed by atoms with Crippen LogP contribution in [-0.4, -0.2) is 23.4 Å². The molecule has 1 fully saturated rings. The van der Waals surface area contributed by atoms with Crippen molar-refractivity contribution in [1.82, 2.24) is 0 Å². The van der Waals surface area contributed by atoms with Gasteiger partial charge in [0.2, 0.25) is 0 Å². The average molecular weight is 474 g/mol. The fourth-order valence-corrected chi connectivity index (χ4v) is 4.35. The number of aliphatic hydroxyl groups excluding tert-OH is 1. The van der Waals surface area contributed by atoms with Crippen molar-refractivity contribution in [3.63, 3.8) is 0 Å². The first-order valence-electron chi connectivity index (χ1n) is 11.5. The Labute approximate surface area is 204 Å². The van der Waals surface area contributed by atoms with Crippen LogP contribution in [0.3, 0.4) is 0 Å². The topological polar surface area (TPSA) is 66.8 Å². The van der Waals surface area contributed by atoms with E-state index in [9.17, 15) is 19.1 Å². The third-order valence-corrected chi connectivity index (χ3v) is 6.03. The molecule has 1 amide bonds. The van der Waals surface area contributed by atoms with Gasteiger partial charge in [-0.05, 0) is 60.4 Å². The van der Waals surface area contributed by atoms with Crippen molar-refractivity contribution in [3.05, 3.63) is 101 Å². The highest BCUT2D eigenvalue weighted by Crippen LogP contribution is 2.43. The molecule has 6 heteroatoms. The summed E-state index contributed by atoms with van der Waals surface area (Å²) in [6.07, 6.45) is 0. The second kappa shape index (κ2) is 9.37. The molecular formula is C29H28FNO4. The van der Waals surface area contributed by atoms with Gasteiger partial charge in [-0.25, -0.2) is 4.39 Å². The Balaban J connectivity index is 1.94. The maximum atomic E-state index is 13.7. The lowest BCUT2D eigenvalue weighted by atomic mass is 9.84. The van der Waals surface area contributed by atoms with E-state index in [2.05, 4.69) is 0 Å². The van der Waals surface area contributed by atoms with Crippen molar-refractivity contribution in [1.29, 1.82) is 0 Å². The van der Waals surface area contributed by atoms with Crippen LogP contribution in [0.2, 0.25) is 0 Å². The lowest BCUT2D eigenvalue weighted by molar-refractivity contribution is -0.132. The van der Waals surface area contributed by atoms with E-state index in [0.717, 1.165) is 5.56 Å². The number of anilines is 1. The molecule has 1 aliphatic heterocycles. The molecule has 0 aliphatic carbocycles. The van der Waals surface area contributed by atoms with E-state index in [0.29, 0.717) is 29.2 Å². The summed E-state index contributed by atoms with van der Waals surface area (Å²) in [5.74, 6) is -1.59. The van der Waals surface area contributed by atoms with Crippen LogP contribution >= 0.6 is 0 Å². The molecule has 1 N–H and O–H groups in total. The zero-order valence-electron chi connectivity index (χ0n) is 20.2. The van der Waals surface area contributed by atoms with Gasteiger partial charge < -0.3 is 9.84 Å². The molecule has 0 spiro atoms. The molecular weight excluding hydrogens is 445 g/mol. The van der Waals surface area contributed by atoms with Crippen LogP contribution in [0.5, 0.6) is 5.75 Å². The Hall–Kier alpha value is -3.93. The van der Waals surface area contributed by atoms with Gasteiger partial charge in [-0.3, -0.25) is 14.5 Å². The van der Waals surface area contributed by atoms with Gasteiger partial charge in [0.25, 0.3) is 11.7 Å². The van der Waals surface area contributed by atoms with Gasteiger partial charge in [0.15, 0.2) is 0 Å². The molecule has 180 valence electrons. The van der Waals surface area contributed by atoms with Gasteiger partial charge in [-0.2, -0.15) is 0 Å². The summed E-state index contributed by atoms with van der Waals surface area (Å²) in [4.78, 5) is 27.9. The number of halogens is 1. The summed E-state index contributed by atoms with van der Waals surface area (Å²) in [5, 5.41) is 11.4. The average Bonchev–Trinajstić information content (AvgIpc) is 3.10. The predicted molar refractivity (Wildman–Crippen MR) is 134 cm³/mol. The number of ether oxygens (including phenoxy) is 1. The Morgan fingerprint density at radius 1 is 1.00 bits per heavy atom. The summed E-state index contributed by atoms with van der Waals surface area (Å²) in [6.45, 7) is 8.47. The number of amides is 1. The highest BCUT2D eigenvalue weighted by atomic mass is 19.1. The number of nitrogens with zero attached hydrogens (tertiary/aromatic N) is 1. The smallest absolute Gasteiger partial charge is 0.300 e. The molecule has 3 aromatic carbocycles. The van der Waals surface area contributed by atoms with E-state index < -0.39 is 23.5 Å². The third kappa shape index (κ3) is 4.56. The van der Waals surface area contributed by atoms with Crippen LogP contribution in [0.25, 0.3) is 5.76 Å². The Kier molecular flexibility index (Phi) is 6.48. The van der Waals surface area contributed by atoms with Gasteiger partial charge in [0.1, 0.15) is 17.3 Å². The Morgan fingerprint density at radius 3 is 2.26 bits per heavy atom. The van der Waals surface area contributed by atoms with Gasteiger partial charge in [0.05, 0.1) is 18.2 Å². The van der Waals surface area contributed by atoms with Gasteiger partial charge in [-0.15, -0.1) is 0 Å². The minimum absolute atomic E-state index is 0.0468. The number of rotatable bonds is 5. The molecule has 5 nitrogen and oxygen atoms in total. The monoisotopic (exact) mass is 473 g/mol. The quantitative estimate of drug-likeness (QED) is 0.274. The van der Waals surface area contributed by atoms with Gasteiger partial charge in [-0.1, -0.05) is 51.1 Å². The van der Waals surface area contributed by atoms with Gasteiger partial charge in [0, 0.05) is 16.8 Å². The molecule has 4 rings (SSSR count). The van der Waals surface area contributed by atoms with Crippen molar-refractivity contribution in [3.8, 4) is 5.75 Å². The minimum atomic E-state index is -0.914. The van der Waals surface area contributed by atoms with Crippen molar-refractivity contribution < 1.29 is 23.8 Å². The first-order valence-corrected chi connectivity index (χ1v) is 11.5. The molecule has 1 unspecified atom stereocenters. The molecule has 1 aliphatic rings. The Bertz CT molecular complexity index is 1290. The fourth-order valence-electron chi connectivity index (χ4n) is 4.35. The van der Waals surface area contributed by atoms with E-state index in [-0.39, 0.29) is 16.7 Å². The number of carbonyl (C=O) groups excluding carboxylic acids is 2. The third-order valence-electron chi connectivity index (χ3n) is 6.03. The zero-order valence-corrected chi connectivity index (χ0v) is 20.2. The van der Waals surface area contributed by atoms with E-state index >= 15 is 0 Å². The van der Waals surface area contributed by atoms with Crippen molar-refractivity contribution in [2.24, 2.45) is 0 Å². The van der Waals surface area contributed by atoms with Crippen LogP contribution in [0.4, 0.5) is 10.1 Å². The van der Waals surface area contributed by atoms with Crippen molar-refractivity contribution in [2.75, 3.05) is 11.5 Å². The second-order valence-corrected chi connectivity index (χ2v) is 9.45. The van der Waals surface area contributed by atoms with E-state index in [4.69, 9.17) is 4.74 Å². The lowest BCUT2D eigenvalue weighted by Crippen LogP contribution is -2.29. The molecule has 0 aromatic heterocycles. The molecule has 0 saturated carbocycles. The number of aliphatic hydroxyl groups is 1. The molecule has 1 atom stereocenters. The summed E-state index contributed by atoms with van der Waals surface area (Å²) in [7, 11) is 0. The highest BCUT2D eigenvalue weighted by molar-refractivity contribution is 6.51. The highest BCUT2D eigenvalue weighted by Gasteiger charge is 2.47. The van der Waals surface area contributed by atoms with Crippen LogP contribution in [0, 0.1) is 5.82 Å². The summed E-state index contributed by atoms with van der Waals surface area (Å²) >= 11 is 0. The first kappa shape index (κ1) is 24.2. The number of para-hydroxylation sites is 1. The SMILES string of the molecule is CCOc1ccc(/C(O)=C2/C(=O)C(=O)N(c3ccccc3)C2c2ccc(F)cc2)cc1C(C)(C)C. The normalized spacial score (nSPS) is 17.6. The summed E-state index contributed by atoms with van der Waals surface area (Å²) < 4.78 is 19.5. The fraction of sp³-hybridized carbons (Fsp3) is 0.241. The van der Waals surface area contributed by atoms with Crippen LogP contribution < -0.4 is 9.64 Å². The van der Waals surface area contributed by atoms with Crippen LogP contribution in [0.1, 0.15) is 50.4 Å². The number of carbonyl (C=O) groups is 2. The van der Waals surface area contributed by atoms with E-state index in [1.807, 2.05) is 27.7 Å². The standard InChI is InChI=1S/C29H28FNO4/c1-5-35-23-16-13-19(17-22(23)29(2,3)4)26(32)24-25(18-11-14-20(30)15-12-18)31(28(34)27(24)33)21-9-7-6-8-10-21/h6-17,25,32H,5H2,1-4H3/b26-24-. The molecule has 1 saturated heterocycles. The maximum Gasteiger partial charge on any atom is 0.300 e. The summed E-state index contributed by atoms with van der Waals surface area (Å²) in [6, 6.07) is 18.7. The first-order chi connectivity index (χ1) is 16.6. The minimum Gasteiger partial charge on any atom is -0.507 e. The molecule has 35 heavy (non-hydrogen) atoms. The number of hydrogen-bond acceptors (Lipinski definition) is 4. The Morgan fingerprint density at radius 2 is 1.66 bits per heavy atom. The predicted octanol–water partition coefficient (Wildman–Crippen LogP) is 6.15. The molecule has 1 heterocycles. The van der Waals surface area contributed by atoms with E-state index in [1.54, 1.807) is 48.5 Å². The molecule has 0 radical (unpaired) electrons. The van der Waals surface area contributed by atoms with Crippen LogP contribution in [-0.2, 0) is 15.0 Å². The number of hydrogen-bond donors (Lipinski definition) is 1. The lowest BCUT2D eigenvalue weighted by Gasteiger charge is -2.26. The van der Waals surface area contributed by atoms with Gasteiger partial charge >= 0.3 is 0 Å². The number of Topliss-reactive ketones (excluding diaryl/α,β-unsaturated/α-hetero) is 1.